The number of hydrogen-bond donors (Lipinski definition) is 1. The number of carboxylic acids is 1. The van der Waals surface area contributed by atoms with Crippen molar-refractivity contribution in [1.29, 1.82) is 0 Å². The third-order valence-electron chi connectivity index (χ3n) is 4.45. The molecule has 0 unspecified atom stereocenters. The van der Waals surface area contributed by atoms with E-state index in [0.29, 0.717) is 0 Å². The van der Waals surface area contributed by atoms with Crippen LogP contribution in [0.25, 0.3) is 27.8 Å². The molecule has 0 fully saturated rings. The van der Waals surface area contributed by atoms with E-state index in [-0.39, 0.29) is 5.56 Å². The zero-order valence-corrected chi connectivity index (χ0v) is 13.8. The Morgan fingerprint density at radius 2 is 1.64 bits per heavy atom. The summed E-state index contributed by atoms with van der Waals surface area (Å²) in [4.78, 5) is 11.4. The maximum absolute atomic E-state index is 11.4. The summed E-state index contributed by atoms with van der Waals surface area (Å²) in [5.41, 5.74) is 5.53. The Morgan fingerprint density at radius 3 is 2.40 bits per heavy atom. The van der Waals surface area contributed by atoms with E-state index in [9.17, 15) is 9.90 Å². The third-order valence-corrected chi connectivity index (χ3v) is 4.45. The Kier molecular flexibility index (Phi) is 3.62. The molecule has 0 spiro atoms. The highest BCUT2D eigenvalue weighted by molar-refractivity contribution is 5.92. The number of nitrogens with zero attached hydrogens (tertiary/aromatic N) is 1. The minimum Gasteiger partial charge on any atom is -0.478 e. The second kappa shape index (κ2) is 5.95. The van der Waals surface area contributed by atoms with Crippen LogP contribution in [-0.4, -0.2) is 15.6 Å². The van der Waals surface area contributed by atoms with E-state index in [4.69, 9.17) is 0 Å². The first-order chi connectivity index (χ1) is 12.1. The van der Waals surface area contributed by atoms with Gasteiger partial charge < -0.3 is 9.67 Å². The van der Waals surface area contributed by atoms with Crippen molar-refractivity contribution in [1.82, 2.24) is 4.57 Å². The number of fused-ring (bicyclic) bond motifs is 1. The van der Waals surface area contributed by atoms with Gasteiger partial charge in [0.15, 0.2) is 0 Å². The highest BCUT2D eigenvalue weighted by Gasteiger charge is 2.15. The maximum atomic E-state index is 11.4. The van der Waals surface area contributed by atoms with Crippen LogP contribution in [0, 0.1) is 6.92 Å². The highest BCUT2D eigenvalue weighted by Crippen LogP contribution is 2.33. The van der Waals surface area contributed by atoms with Crippen molar-refractivity contribution in [2.45, 2.75) is 6.92 Å². The molecule has 3 aromatic carbocycles. The molecular formula is C22H17NO2. The topological polar surface area (TPSA) is 42.2 Å². The predicted molar refractivity (Wildman–Crippen MR) is 100 cm³/mol. The summed E-state index contributed by atoms with van der Waals surface area (Å²) in [5.74, 6) is -0.920. The fraction of sp³-hybridized carbons (Fsp3) is 0.0455. The Bertz CT molecular complexity index is 1080. The van der Waals surface area contributed by atoms with Gasteiger partial charge in [0.05, 0.1) is 16.8 Å². The van der Waals surface area contributed by atoms with Gasteiger partial charge in [0.1, 0.15) is 0 Å². The largest absolute Gasteiger partial charge is 0.478 e. The van der Waals surface area contributed by atoms with Gasteiger partial charge in [-0.2, -0.15) is 0 Å². The van der Waals surface area contributed by atoms with Crippen molar-refractivity contribution in [2.75, 3.05) is 0 Å². The molecule has 0 aliphatic heterocycles. The molecule has 0 amide bonds. The minimum atomic E-state index is -0.920. The van der Waals surface area contributed by atoms with Gasteiger partial charge in [0.2, 0.25) is 0 Å². The molecule has 1 aromatic heterocycles. The lowest BCUT2D eigenvalue weighted by atomic mass is 10.1. The van der Waals surface area contributed by atoms with Gasteiger partial charge in [-0.05, 0) is 42.3 Å². The van der Waals surface area contributed by atoms with E-state index in [2.05, 4.69) is 41.8 Å². The number of benzene rings is 3. The zero-order valence-electron chi connectivity index (χ0n) is 13.8. The molecule has 4 rings (SSSR count). The van der Waals surface area contributed by atoms with Crippen LogP contribution in [0.4, 0.5) is 0 Å². The molecule has 0 saturated heterocycles. The van der Waals surface area contributed by atoms with E-state index in [1.807, 2.05) is 30.3 Å². The highest BCUT2D eigenvalue weighted by atomic mass is 16.4. The minimum absolute atomic E-state index is 0.284. The van der Waals surface area contributed by atoms with Crippen molar-refractivity contribution < 1.29 is 9.90 Å². The molecule has 25 heavy (non-hydrogen) atoms. The lowest BCUT2D eigenvalue weighted by molar-refractivity contribution is 0.0697. The van der Waals surface area contributed by atoms with E-state index in [0.717, 1.165) is 33.4 Å². The first kappa shape index (κ1) is 15.2. The van der Waals surface area contributed by atoms with Gasteiger partial charge >= 0.3 is 5.97 Å². The Hall–Kier alpha value is -3.33. The summed E-state index contributed by atoms with van der Waals surface area (Å²) >= 11 is 0. The molecule has 0 radical (unpaired) electrons. The van der Waals surface area contributed by atoms with Gasteiger partial charge in [0.25, 0.3) is 0 Å². The maximum Gasteiger partial charge on any atom is 0.335 e. The lowest BCUT2D eigenvalue weighted by Crippen LogP contribution is -2.01. The Morgan fingerprint density at radius 1 is 0.880 bits per heavy atom. The number of aromatic carboxylic acids is 1. The number of aryl methyl sites for hydroxylation is 1. The number of rotatable bonds is 3. The van der Waals surface area contributed by atoms with E-state index in [1.165, 1.54) is 0 Å². The molecule has 1 heterocycles. The first-order valence-electron chi connectivity index (χ1n) is 8.15. The van der Waals surface area contributed by atoms with Gasteiger partial charge in [-0.1, -0.05) is 54.6 Å². The van der Waals surface area contributed by atoms with Crippen LogP contribution in [0.2, 0.25) is 0 Å². The van der Waals surface area contributed by atoms with Crippen LogP contribution in [0.5, 0.6) is 0 Å². The first-order valence-corrected chi connectivity index (χ1v) is 8.15. The lowest BCUT2D eigenvalue weighted by Gasteiger charge is -2.13. The van der Waals surface area contributed by atoms with Gasteiger partial charge in [-0.15, -0.1) is 0 Å². The van der Waals surface area contributed by atoms with E-state index >= 15 is 0 Å². The van der Waals surface area contributed by atoms with Gasteiger partial charge in [-0.3, -0.25) is 0 Å². The molecule has 3 nitrogen and oxygen atoms in total. The molecule has 0 saturated carbocycles. The number of hydrogen-bond acceptors (Lipinski definition) is 1. The van der Waals surface area contributed by atoms with Crippen molar-refractivity contribution in [3.63, 3.8) is 0 Å². The predicted octanol–water partition coefficient (Wildman–Crippen LogP) is 5.30. The van der Waals surface area contributed by atoms with Crippen molar-refractivity contribution in [3.05, 3.63) is 90.0 Å². The summed E-state index contributed by atoms with van der Waals surface area (Å²) in [6.07, 6.45) is 0. The normalized spacial score (nSPS) is 10.9. The molecule has 0 aliphatic rings. The number of aromatic nitrogens is 1. The quantitative estimate of drug-likeness (QED) is 0.554. The number of carboxylic acid groups (broad SMARTS) is 1. The fourth-order valence-electron chi connectivity index (χ4n) is 3.30. The average molecular weight is 327 g/mol. The Balaban J connectivity index is 2.08. The summed E-state index contributed by atoms with van der Waals surface area (Å²) < 4.78 is 2.15. The van der Waals surface area contributed by atoms with Crippen molar-refractivity contribution >= 4 is 16.9 Å². The van der Waals surface area contributed by atoms with Crippen molar-refractivity contribution in [2.24, 2.45) is 0 Å². The molecule has 4 aromatic rings. The second-order valence-corrected chi connectivity index (χ2v) is 6.10. The van der Waals surface area contributed by atoms with Crippen LogP contribution >= 0.6 is 0 Å². The summed E-state index contributed by atoms with van der Waals surface area (Å²) in [5, 5.41) is 10.5. The van der Waals surface area contributed by atoms with Crippen LogP contribution in [0.1, 0.15) is 15.9 Å². The molecule has 3 heteroatoms. The third kappa shape index (κ3) is 2.60. The average Bonchev–Trinajstić information content (AvgIpc) is 3.03. The molecule has 0 bridgehead atoms. The van der Waals surface area contributed by atoms with Crippen LogP contribution in [0.15, 0.2) is 78.9 Å². The second-order valence-electron chi connectivity index (χ2n) is 6.10. The standard InChI is InChI=1S/C22H17NO2/c1-15-7-5-10-17-14-20(16-8-3-2-4-9-16)23(21(15)17)19-12-6-11-18(13-19)22(24)25/h2-14H,1H3,(H,24,25). The van der Waals surface area contributed by atoms with E-state index < -0.39 is 5.97 Å². The summed E-state index contributed by atoms with van der Waals surface area (Å²) in [6, 6.07) is 25.6. The summed E-state index contributed by atoms with van der Waals surface area (Å²) in [7, 11) is 0. The fourth-order valence-corrected chi connectivity index (χ4v) is 3.30. The van der Waals surface area contributed by atoms with Gasteiger partial charge in [-0.25, -0.2) is 4.79 Å². The summed E-state index contributed by atoms with van der Waals surface area (Å²) in [6.45, 7) is 2.08. The smallest absolute Gasteiger partial charge is 0.335 e. The molecular weight excluding hydrogens is 310 g/mol. The van der Waals surface area contributed by atoms with Crippen LogP contribution < -0.4 is 0 Å². The Labute approximate surface area is 145 Å². The zero-order chi connectivity index (χ0) is 17.4. The van der Waals surface area contributed by atoms with Crippen LogP contribution in [0.3, 0.4) is 0 Å². The SMILES string of the molecule is Cc1cccc2cc(-c3ccccc3)n(-c3cccc(C(=O)O)c3)c12. The molecule has 0 atom stereocenters. The molecule has 1 N–H and O–H groups in total. The van der Waals surface area contributed by atoms with E-state index in [1.54, 1.807) is 18.2 Å². The van der Waals surface area contributed by atoms with Gasteiger partial charge in [0, 0.05) is 11.1 Å². The monoisotopic (exact) mass is 327 g/mol. The van der Waals surface area contributed by atoms with Crippen LogP contribution in [-0.2, 0) is 0 Å². The molecule has 122 valence electrons. The molecule has 0 aliphatic carbocycles. The number of carbonyl (C=O) groups is 1. The number of para-hydroxylation sites is 1. The van der Waals surface area contributed by atoms with Crippen molar-refractivity contribution in [3.8, 4) is 16.9 Å².